The lowest BCUT2D eigenvalue weighted by Crippen LogP contribution is -2.24. The van der Waals surface area contributed by atoms with E-state index in [4.69, 9.17) is 16.3 Å². The van der Waals surface area contributed by atoms with Crippen LogP contribution in [0.25, 0.3) is 0 Å². The fourth-order valence-corrected chi connectivity index (χ4v) is 3.45. The van der Waals surface area contributed by atoms with Gasteiger partial charge in [-0.05, 0) is 42.0 Å². The molecule has 3 amide bonds. The van der Waals surface area contributed by atoms with E-state index in [0.29, 0.717) is 41.8 Å². The van der Waals surface area contributed by atoms with Crippen LogP contribution in [0.1, 0.15) is 5.56 Å². The smallest absolute Gasteiger partial charge is 0.414 e. The summed E-state index contributed by atoms with van der Waals surface area (Å²) in [5.74, 6) is 0. The topological polar surface area (TPSA) is 82.7 Å². The Morgan fingerprint density at radius 1 is 0.968 bits per heavy atom. The fourth-order valence-electron chi connectivity index (χ4n) is 3.20. The van der Waals surface area contributed by atoms with Crippen LogP contribution >= 0.6 is 11.6 Å². The Balaban J connectivity index is 1.35. The molecule has 1 fully saturated rings. The number of nitrogens with one attached hydrogen (secondary N) is 3. The lowest BCUT2D eigenvalue weighted by Gasteiger charge is -2.15. The Morgan fingerprint density at radius 2 is 1.74 bits per heavy atom. The van der Waals surface area contributed by atoms with Gasteiger partial charge in [0.05, 0.1) is 17.3 Å². The van der Waals surface area contributed by atoms with E-state index in [1.54, 1.807) is 36.4 Å². The quantitative estimate of drug-likeness (QED) is 0.473. The molecule has 0 radical (unpaired) electrons. The maximum Gasteiger partial charge on any atom is 0.414 e. The maximum absolute atomic E-state index is 12.4. The standard InChI is InChI=1S/C23H21ClN4O3/c24-20-14-18(9-10-21(20)25-15-16-5-2-1-3-6-16)27-22(29)26-17-7-4-8-19(13-17)28-11-12-31-23(28)30/h1-10,13-14,25H,11-12,15H2,(H2,26,27,29). The van der Waals surface area contributed by atoms with E-state index in [1.165, 1.54) is 4.90 Å². The van der Waals surface area contributed by atoms with Gasteiger partial charge in [-0.1, -0.05) is 48.0 Å². The van der Waals surface area contributed by atoms with Crippen LogP contribution < -0.4 is 20.9 Å². The van der Waals surface area contributed by atoms with Crippen molar-refractivity contribution in [3.63, 3.8) is 0 Å². The monoisotopic (exact) mass is 436 g/mol. The molecule has 0 saturated carbocycles. The summed E-state index contributed by atoms with van der Waals surface area (Å²) in [6, 6.07) is 21.9. The Labute approximate surface area is 185 Å². The molecule has 0 atom stereocenters. The van der Waals surface area contributed by atoms with Crippen molar-refractivity contribution in [3.05, 3.63) is 83.4 Å². The number of halogens is 1. The van der Waals surface area contributed by atoms with Crippen LogP contribution in [0, 0.1) is 0 Å². The molecule has 3 N–H and O–H groups in total. The van der Waals surface area contributed by atoms with Gasteiger partial charge in [0.2, 0.25) is 0 Å². The van der Waals surface area contributed by atoms with Crippen molar-refractivity contribution < 1.29 is 14.3 Å². The molecule has 0 aliphatic carbocycles. The SMILES string of the molecule is O=C(Nc1cccc(N2CCOC2=O)c1)Nc1ccc(NCc2ccccc2)c(Cl)c1. The summed E-state index contributed by atoms with van der Waals surface area (Å²) in [6.07, 6.45) is -0.391. The molecule has 1 aliphatic heterocycles. The van der Waals surface area contributed by atoms with Gasteiger partial charge < -0.3 is 20.7 Å². The summed E-state index contributed by atoms with van der Waals surface area (Å²) < 4.78 is 4.95. The van der Waals surface area contributed by atoms with E-state index >= 15 is 0 Å². The minimum absolute atomic E-state index is 0.355. The number of ether oxygens (including phenoxy) is 1. The van der Waals surface area contributed by atoms with Gasteiger partial charge >= 0.3 is 12.1 Å². The highest BCUT2D eigenvalue weighted by Gasteiger charge is 2.23. The molecule has 0 unspecified atom stereocenters. The van der Waals surface area contributed by atoms with Crippen LogP contribution in [0.3, 0.4) is 0 Å². The highest BCUT2D eigenvalue weighted by atomic mass is 35.5. The van der Waals surface area contributed by atoms with Crippen LogP contribution in [-0.2, 0) is 11.3 Å². The van der Waals surface area contributed by atoms with Crippen LogP contribution in [0.15, 0.2) is 72.8 Å². The van der Waals surface area contributed by atoms with Crippen LogP contribution in [0.5, 0.6) is 0 Å². The molecule has 0 bridgehead atoms. The number of anilines is 4. The molecule has 1 heterocycles. The van der Waals surface area contributed by atoms with Gasteiger partial charge in [0.1, 0.15) is 6.61 Å². The van der Waals surface area contributed by atoms with Gasteiger partial charge in [0.25, 0.3) is 0 Å². The molecule has 3 aromatic rings. The van der Waals surface area contributed by atoms with Crippen molar-refractivity contribution in [2.24, 2.45) is 0 Å². The Morgan fingerprint density at radius 3 is 2.45 bits per heavy atom. The van der Waals surface area contributed by atoms with Gasteiger partial charge in [0.15, 0.2) is 0 Å². The molecule has 0 spiro atoms. The first-order valence-corrected chi connectivity index (χ1v) is 10.2. The number of urea groups is 1. The molecule has 3 aromatic carbocycles. The second-order valence-electron chi connectivity index (χ2n) is 6.93. The predicted octanol–water partition coefficient (Wildman–Crippen LogP) is 5.55. The molecule has 158 valence electrons. The van der Waals surface area contributed by atoms with E-state index in [-0.39, 0.29) is 0 Å². The van der Waals surface area contributed by atoms with Crippen molar-refractivity contribution in [2.45, 2.75) is 6.54 Å². The molecule has 31 heavy (non-hydrogen) atoms. The largest absolute Gasteiger partial charge is 0.447 e. The number of cyclic esters (lactones) is 1. The number of carbonyl (C=O) groups excluding carboxylic acids is 2. The first-order valence-electron chi connectivity index (χ1n) is 9.78. The lowest BCUT2D eigenvalue weighted by atomic mass is 10.2. The summed E-state index contributed by atoms with van der Waals surface area (Å²) in [6.45, 7) is 1.49. The van der Waals surface area contributed by atoms with Crippen molar-refractivity contribution in [1.82, 2.24) is 0 Å². The Kier molecular flexibility index (Phi) is 6.24. The zero-order valence-corrected chi connectivity index (χ0v) is 17.4. The molecule has 0 aromatic heterocycles. The van der Waals surface area contributed by atoms with Crippen LogP contribution in [0.2, 0.25) is 5.02 Å². The molecule has 1 saturated heterocycles. The third kappa shape index (κ3) is 5.26. The van der Waals surface area contributed by atoms with Crippen molar-refractivity contribution >= 4 is 46.5 Å². The number of nitrogens with zero attached hydrogens (tertiary/aromatic N) is 1. The highest BCUT2D eigenvalue weighted by molar-refractivity contribution is 6.33. The zero-order valence-electron chi connectivity index (χ0n) is 16.6. The van der Waals surface area contributed by atoms with E-state index in [9.17, 15) is 9.59 Å². The summed E-state index contributed by atoms with van der Waals surface area (Å²) in [5, 5.41) is 9.31. The van der Waals surface area contributed by atoms with Gasteiger partial charge in [-0.3, -0.25) is 4.90 Å². The fraction of sp³-hybridized carbons (Fsp3) is 0.130. The van der Waals surface area contributed by atoms with Crippen LogP contribution in [-0.4, -0.2) is 25.3 Å². The highest BCUT2D eigenvalue weighted by Crippen LogP contribution is 2.27. The summed E-state index contributed by atoms with van der Waals surface area (Å²) in [5.41, 5.74) is 3.71. The van der Waals surface area contributed by atoms with E-state index in [0.717, 1.165) is 11.3 Å². The summed E-state index contributed by atoms with van der Waals surface area (Å²) in [4.78, 5) is 25.6. The van der Waals surface area contributed by atoms with Gasteiger partial charge in [-0.25, -0.2) is 9.59 Å². The van der Waals surface area contributed by atoms with E-state index in [2.05, 4.69) is 16.0 Å². The number of carbonyl (C=O) groups is 2. The minimum Gasteiger partial charge on any atom is -0.447 e. The van der Waals surface area contributed by atoms with Gasteiger partial charge in [-0.2, -0.15) is 0 Å². The average molecular weight is 437 g/mol. The molecule has 8 heteroatoms. The third-order valence-electron chi connectivity index (χ3n) is 4.73. The van der Waals surface area contributed by atoms with E-state index < -0.39 is 12.1 Å². The second-order valence-corrected chi connectivity index (χ2v) is 7.34. The Bertz CT molecular complexity index is 1090. The zero-order chi connectivity index (χ0) is 21.6. The first-order chi connectivity index (χ1) is 15.1. The predicted molar refractivity (Wildman–Crippen MR) is 123 cm³/mol. The minimum atomic E-state index is -0.415. The van der Waals surface area contributed by atoms with Crippen molar-refractivity contribution in [3.8, 4) is 0 Å². The van der Waals surface area contributed by atoms with Crippen LogP contribution in [0.4, 0.5) is 32.3 Å². The first kappa shape index (κ1) is 20.6. The van der Waals surface area contributed by atoms with Crippen molar-refractivity contribution in [1.29, 1.82) is 0 Å². The van der Waals surface area contributed by atoms with Gasteiger partial charge in [-0.15, -0.1) is 0 Å². The molecule has 7 nitrogen and oxygen atoms in total. The second kappa shape index (κ2) is 9.40. The Hall–Kier alpha value is -3.71. The molecular weight excluding hydrogens is 416 g/mol. The number of hydrogen-bond donors (Lipinski definition) is 3. The average Bonchev–Trinajstić information content (AvgIpc) is 3.20. The molecular formula is C23H21ClN4O3. The number of rotatable bonds is 6. The number of hydrogen-bond acceptors (Lipinski definition) is 4. The number of benzene rings is 3. The van der Waals surface area contributed by atoms with Crippen molar-refractivity contribution in [2.75, 3.05) is 34.0 Å². The maximum atomic E-state index is 12.4. The third-order valence-corrected chi connectivity index (χ3v) is 5.04. The summed E-state index contributed by atoms with van der Waals surface area (Å²) >= 11 is 6.36. The molecule has 4 rings (SSSR count). The van der Waals surface area contributed by atoms with E-state index in [1.807, 2.05) is 36.4 Å². The summed E-state index contributed by atoms with van der Waals surface area (Å²) in [7, 11) is 0. The normalized spacial score (nSPS) is 12.9. The lowest BCUT2D eigenvalue weighted by molar-refractivity contribution is 0.181. The molecule has 1 aliphatic rings. The van der Waals surface area contributed by atoms with Gasteiger partial charge in [0, 0.05) is 23.6 Å². The number of amides is 3.